The lowest BCUT2D eigenvalue weighted by Crippen LogP contribution is -2.57. The van der Waals surface area contributed by atoms with E-state index in [0.29, 0.717) is 12.0 Å². The van der Waals surface area contributed by atoms with E-state index in [-0.39, 0.29) is 31.5 Å². The van der Waals surface area contributed by atoms with Crippen molar-refractivity contribution in [2.75, 3.05) is 13.1 Å². The summed E-state index contributed by atoms with van der Waals surface area (Å²) in [6.45, 7) is 3.75. The van der Waals surface area contributed by atoms with E-state index in [1.807, 2.05) is 6.92 Å². The fourth-order valence-electron chi connectivity index (χ4n) is 3.26. The van der Waals surface area contributed by atoms with E-state index in [1.54, 1.807) is 6.92 Å². The maximum absolute atomic E-state index is 13.4. The van der Waals surface area contributed by atoms with Gasteiger partial charge in [0.2, 0.25) is 0 Å². The molecule has 0 bridgehead atoms. The summed E-state index contributed by atoms with van der Waals surface area (Å²) in [6, 6.07) is 3.98. The van der Waals surface area contributed by atoms with E-state index in [0.717, 1.165) is 0 Å². The molecular weight excluding hydrogens is 301 g/mol. The predicted octanol–water partition coefficient (Wildman–Crippen LogP) is 2.21. The zero-order valence-electron chi connectivity index (χ0n) is 13.4. The van der Waals surface area contributed by atoms with Crippen LogP contribution in [0.3, 0.4) is 0 Å². The Kier molecular flexibility index (Phi) is 5.04. The van der Waals surface area contributed by atoms with Gasteiger partial charge >= 0.3 is 5.97 Å². The number of hydrogen-bond acceptors (Lipinski definition) is 3. The van der Waals surface area contributed by atoms with E-state index >= 15 is 0 Å². The minimum Gasteiger partial charge on any atom is -0.481 e. The van der Waals surface area contributed by atoms with Crippen molar-refractivity contribution in [3.05, 3.63) is 35.1 Å². The molecule has 1 heterocycles. The van der Waals surface area contributed by atoms with Crippen LogP contribution in [0, 0.1) is 18.2 Å². The molecule has 1 saturated heterocycles. The number of aliphatic hydroxyl groups is 1. The van der Waals surface area contributed by atoms with Crippen molar-refractivity contribution in [2.24, 2.45) is 5.41 Å². The molecule has 0 spiro atoms. The third-order valence-electron chi connectivity index (χ3n) is 4.62. The number of carboxylic acid groups (broad SMARTS) is 1. The first-order valence-electron chi connectivity index (χ1n) is 7.78. The lowest BCUT2D eigenvalue weighted by Gasteiger charge is -2.43. The number of nitrogens with zero attached hydrogens (tertiary/aromatic N) is 1. The summed E-state index contributed by atoms with van der Waals surface area (Å²) < 4.78 is 13.4. The summed E-state index contributed by atoms with van der Waals surface area (Å²) in [4.78, 5) is 25.8. The number of carboxylic acids is 1. The second kappa shape index (κ2) is 6.66. The standard InChI is InChI=1S/C17H22FNO4/c1-3-7-17(16(22)23)10-19(8-6-14(17)20)15(21)13-9-12(18)5-4-11(13)2/h4-5,9,14,20H,3,6-8,10H2,1-2H3,(H,22,23)/t14-,17-/m1/s1. The number of carbonyl (C=O) groups is 2. The largest absolute Gasteiger partial charge is 0.481 e. The summed E-state index contributed by atoms with van der Waals surface area (Å²) in [6.07, 6.45) is 0.0873. The van der Waals surface area contributed by atoms with Crippen LogP contribution in [0.15, 0.2) is 18.2 Å². The van der Waals surface area contributed by atoms with Crippen LogP contribution in [0.2, 0.25) is 0 Å². The number of halogens is 1. The Morgan fingerprint density at radius 2 is 2.13 bits per heavy atom. The van der Waals surface area contributed by atoms with Crippen molar-refractivity contribution in [2.45, 2.75) is 39.2 Å². The molecule has 2 rings (SSSR count). The Morgan fingerprint density at radius 3 is 2.74 bits per heavy atom. The fourth-order valence-corrected chi connectivity index (χ4v) is 3.26. The maximum atomic E-state index is 13.4. The van der Waals surface area contributed by atoms with Gasteiger partial charge in [-0.25, -0.2) is 4.39 Å². The number of amides is 1. The molecule has 1 fully saturated rings. The highest BCUT2D eigenvalue weighted by Gasteiger charge is 2.49. The van der Waals surface area contributed by atoms with Gasteiger partial charge in [0.15, 0.2) is 0 Å². The SMILES string of the molecule is CCC[C@@]1(C(=O)O)CN(C(=O)c2cc(F)ccc2C)CC[C@H]1O. The van der Waals surface area contributed by atoms with E-state index in [4.69, 9.17) is 0 Å². The molecule has 0 radical (unpaired) electrons. The Hall–Kier alpha value is -1.95. The zero-order valence-corrected chi connectivity index (χ0v) is 13.4. The average molecular weight is 323 g/mol. The summed E-state index contributed by atoms with van der Waals surface area (Å²) in [5.41, 5.74) is -0.486. The van der Waals surface area contributed by atoms with Crippen molar-refractivity contribution < 1.29 is 24.2 Å². The van der Waals surface area contributed by atoms with E-state index in [2.05, 4.69) is 0 Å². The molecule has 1 aliphatic heterocycles. The van der Waals surface area contributed by atoms with Gasteiger partial charge in [-0.3, -0.25) is 9.59 Å². The first kappa shape index (κ1) is 17.4. The zero-order chi connectivity index (χ0) is 17.2. The number of aryl methyl sites for hydroxylation is 1. The molecule has 2 N–H and O–H groups in total. The van der Waals surface area contributed by atoms with Crippen LogP contribution < -0.4 is 0 Å². The Bertz CT molecular complexity index is 619. The summed E-state index contributed by atoms with van der Waals surface area (Å²) in [7, 11) is 0. The molecule has 23 heavy (non-hydrogen) atoms. The molecule has 5 nitrogen and oxygen atoms in total. The van der Waals surface area contributed by atoms with Gasteiger partial charge in [0.1, 0.15) is 11.2 Å². The van der Waals surface area contributed by atoms with Crippen LogP contribution in [0.5, 0.6) is 0 Å². The summed E-state index contributed by atoms with van der Waals surface area (Å²) in [5.74, 6) is -2.00. The van der Waals surface area contributed by atoms with Gasteiger partial charge in [-0.2, -0.15) is 0 Å². The van der Waals surface area contributed by atoms with Gasteiger partial charge in [-0.15, -0.1) is 0 Å². The minimum atomic E-state index is -1.36. The number of aliphatic hydroxyl groups excluding tert-OH is 1. The number of likely N-dealkylation sites (tertiary alicyclic amines) is 1. The van der Waals surface area contributed by atoms with Gasteiger partial charge in [0.05, 0.1) is 6.10 Å². The number of hydrogen-bond donors (Lipinski definition) is 2. The van der Waals surface area contributed by atoms with Crippen LogP contribution in [0.1, 0.15) is 42.1 Å². The highest BCUT2D eigenvalue weighted by atomic mass is 19.1. The lowest BCUT2D eigenvalue weighted by atomic mass is 9.74. The maximum Gasteiger partial charge on any atom is 0.314 e. The molecule has 2 atom stereocenters. The molecular formula is C17H22FNO4. The molecule has 126 valence electrons. The highest BCUT2D eigenvalue weighted by Crippen LogP contribution is 2.36. The van der Waals surface area contributed by atoms with Gasteiger partial charge < -0.3 is 15.1 Å². The summed E-state index contributed by atoms with van der Waals surface area (Å²) >= 11 is 0. The van der Waals surface area contributed by atoms with E-state index < -0.39 is 29.2 Å². The first-order valence-corrected chi connectivity index (χ1v) is 7.78. The monoisotopic (exact) mass is 323 g/mol. The molecule has 1 aromatic rings. The van der Waals surface area contributed by atoms with Crippen molar-refractivity contribution in [1.82, 2.24) is 4.90 Å². The van der Waals surface area contributed by atoms with Crippen molar-refractivity contribution in [3.63, 3.8) is 0 Å². The molecule has 1 aromatic carbocycles. The van der Waals surface area contributed by atoms with Gasteiger partial charge in [-0.1, -0.05) is 19.4 Å². The second-order valence-corrected chi connectivity index (χ2v) is 6.20. The predicted molar refractivity (Wildman–Crippen MR) is 82.6 cm³/mol. The molecule has 0 unspecified atom stereocenters. The van der Waals surface area contributed by atoms with Crippen molar-refractivity contribution in [1.29, 1.82) is 0 Å². The first-order chi connectivity index (χ1) is 10.8. The van der Waals surface area contributed by atoms with Crippen LogP contribution in [-0.2, 0) is 4.79 Å². The normalized spacial score (nSPS) is 24.5. The van der Waals surface area contributed by atoms with Gasteiger partial charge in [0.25, 0.3) is 5.91 Å². The Labute approximate surface area is 134 Å². The van der Waals surface area contributed by atoms with Crippen molar-refractivity contribution in [3.8, 4) is 0 Å². The molecule has 0 saturated carbocycles. The van der Waals surface area contributed by atoms with Gasteiger partial charge in [-0.05, 0) is 37.5 Å². The van der Waals surface area contributed by atoms with Gasteiger partial charge in [0, 0.05) is 18.7 Å². The van der Waals surface area contributed by atoms with E-state index in [1.165, 1.54) is 23.1 Å². The summed E-state index contributed by atoms with van der Waals surface area (Å²) in [5, 5.41) is 19.8. The quantitative estimate of drug-likeness (QED) is 0.890. The third-order valence-corrected chi connectivity index (χ3v) is 4.62. The second-order valence-electron chi connectivity index (χ2n) is 6.20. The highest BCUT2D eigenvalue weighted by molar-refractivity contribution is 5.96. The van der Waals surface area contributed by atoms with Crippen LogP contribution in [-0.4, -0.2) is 46.2 Å². The topological polar surface area (TPSA) is 77.8 Å². The molecule has 0 aromatic heterocycles. The van der Waals surface area contributed by atoms with Crippen LogP contribution in [0.4, 0.5) is 4.39 Å². The number of rotatable bonds is 4. The average Bonchev–Trinajstić information content (AvgIpc) is 2.51. The number of piperidine rings is 1. The molecule has 6 heteroatoms. The smallest absolute Gasteiger partial charge is 0.314 e. The fraction of sp³-hybridized carbons (Fsp3) is 0.529. The Balaban J connectivity index is 2.32. The third kappa shape index (κ3) is 3.22. The molecule has 0 aliphatic carbocycles. The number of carbonyl (C=O) groups excluding carboxylic acids is 1. The van der Waals surface area contributed by atoms with E-state index in [9.17, 15) is 24.2 Å². The molecule has 1 amide bonds. The lowest BCUT2D eigenvalue weighted by molar-refractivity contribution is -0.162. The molecule has 1 aliphatic rings. The Morgan fingerprint density at radius 1 is 1.43 bits per heavy atom. The van der Waals surface area contributed by atoms with Crippen LogP contribution in [0.25, 0.3) is 0 Å². The number of benzene rings is 1. The van der Waals surface area contributed by atoms with Crippen LogP contribution >= 0.6 is 0 Å². The number of aliphatic carboxylic acids is 1. The minimum absolute atomic E-state index is 0.0634. The van der Waals surface area contributed by atoms with Crippen molar-refractivity contribution >= 4 is 11.9 Å².